The second-order valence-electron chi connectivity index (χ2n) is 5.82. The molecule has 116 valence electrons. The van der Waals surface area contributed by atoms with E-state index >= 15 is 0 Å². The van der Waals surface area contributed by atoms with Gasteiger partial charge in [0.05, 0.1) is 12.9 Å². The molecule has 1 aromatic rings. The Morgan fingerprint density at radius 1 is 1.29 bits per heavy atom. The first kappa shape index (κ1) is 14.8. The van der Waals surface area contributed by atoms with Crippen molar-refractivity contribution in [3.8, 4) is 5.75 Å². The molecule has 0 radical (unpaired) electrons. The second-order valence-corrected chi connectivity index (χ2v) is 7.69. The van der Waals surface area contributed by atoms with Crippen molar-refractivity contribution in [1.82, 2.24) is 9.62 Å². The average Bonchev–Trinajstić information content (AvgIpc) is 2.72. The molecule has 2 aliphatic rings. The van der Waals surface area contributed by atoms with Crippen molar-refractivity contribution in [3.05, 3.63) is 29.8 Å². The number of methoxy groups -OCH3 is 1. The smallest absolute Gasteiger partial charge is 0.218 e. The summed E-state index contributed by atoms with van der Waals surface area (Å²) in [4.78, 5) is 0. The van der Waals surface area contributed by atoms with Crippen LogP contribution in [0.2, 0.25) is 0 Å². The van der Waals surface area contributed by atoms with E-state index in [2.05, 4.69) is 5.32 Å². The highest BCUT2D eigenvalue weighted by molar-refractivity contribution is 7.88. The quantitative estimate of drug-likeness (QED) is 0.912. The monoisotopic (exact) mass is 310 g/mol. The van der Waals surface area contributed by atoms with Crippen LogP contribution in [0.1, 0.15) is 24.8 Å². The summed E-state index contributed by atoms with van der Waals surface area (Å²) in [5.74, 6) is 0.750. The lowest BCUT2D eigenvalue weighted by Gasteiger charge is -2.27. The largest absolute Gasteiger partial charge is 0.497 e. The van der Waals surface area contributed by atoms with Crippen LogP contribution in [0, 0.1) is 0 Å². The van der Waals surface area contributed by atoms with Crippen LogP contribution in [0.3, 0.4) is 0 Å². The van der Waals surface area contributed by atoms with E-state index in [0.717, 1.165) is 37.9 Å². The molecular weight excluding hydrogens is 288 g/mol. The zero-order chi connectivity index (χ0) is 14.9. The molecule has 0 aromatic heterocycles. The Labute approximate surface area is 126 Å². The minimum absolute atomic E-state index is 0.0528. The summed E-state index contributed by atoms with van der Waals surface area (Å²) in [6.07, 6.45) is 2.87. The van der Waals surface area contributed by atoms with Gasteiger partial charge in [0.2, 0.25) is 10.0 Å². The first-order valence-corrected chi connectivity index (χ1v) is 9.06. The van der Waals surface area contributed by atoms with Gasteiger partial charge in [-0.05, 0) is 43.5 Å². The normalized spacial score (nSPS) is 26.5. The van der Waals surface area contributed by atoms with Gasteiger partial charge in [-0.1, -0.05) is 12.1 Å². The Balaban J connectivity index is 1.83. The van der Waals surface area contributed by atoms with E-state index in [1.54, 1.807) is 17.5 Å². The molecule has 0 saturated carbocycles. The summed E-state index contributed by atoms with van der Waals surface area (Å²) in [7, 11) is -1.69. The van der Waals surface area contributed by atoms with Crippen molar-refractivity contribution in [2.24, 2.45) is 0 Å². The molecule has 3 rings (SSSR count). The van der Waals surface area contributed by atoms with E-state index in [0.29, 0.717) is 5.75 Å². The SMILES string of the molecule is COc1cccc(CS(=O)(=O)N2C3CCNCC2CC3)c1. The molecule has 5 nitrogen and oxygen atoms in total. The van der Waals surface area contributed by atoms with Gasteiger partial charge >= 0.3 is 0 Å². The third-order valence-electron chi connectivity index (χ3n) is 4.39. The number of nitrogens with one attached hydrogen (secondary N) is 1. The molecular formula is C15H22N2O3S. The lowest BCUT2D eigenvalue weighted by atomic mass is 10.1. The number of hydrogen-bond donors (Lipinski definition) is 1. The lowest BCUT2D eigenvalue weighted by Crippen LogP contribution is -2.43. The van der Waals surface area contributed by atoms with Crippen molar-refractivity contribution in [3.63, 3.8) is 0 Å². The van der Waals surface area contributed by atoms with E-state index in [9.17, 15) is 8.42 Å². The number of hydrogen-bond acceptors (Lipinski definition) is 4. The third kappa shape index (κ3) is 3.07. The molecule has 2 fully saturated rings. The molecule has 1 N–H and O–H groups in total. The van der Waals surface area contributed by atoms with Crippen molar-refractivity contribution in [2.75, 3.05) is 20.2 Å². The minimum Gasteiger partial charge on any atom is -0.497 e. The van der Waals surface area contributed by atoms with Crippen LogP contribution in [0.15, 0.2) is 24.3 Å². The number of nitrogens with zero attached hydrogens (tertiary/aromatic N) is 1. The van der Waals surface area contributed by atoms with Gasteiger partial charge in [0.15, 0.2) is 0 Å². The topological polar surface area (TPSA) is 58.6 Å². The second kappa shape index (κ2) is 5.94. The molecule has 2 atom stereocenters. The van der Waals surface area contributed by atoms with Gasteiger partial charge in [-0.25, -0.2) is 8.42 Å². The highest BCUT2D eigenvalue weighted by atomic mass is 32.2. The molecule has 21 heavy (non-hydrogen) atoms. The summed E-state index contributed by atoms with van der Waals surface area (Å²) < 4.78 is 32.6. The van der Waals surface area contributed by atoms with Crippen LogP contribution >= 0.6 is 0 Å². The zero-order valence-corrected chi connectivity index (χ0v) is 13.1. The Morgan fingerprint density at radius 3 is 2.90 bits per heavy atom. The highest BCUT2D eigenvalue weighted by Crippen LogP contribution is 2.32. The van der Waals surface area contributed by atoms with Crippen molar-refractivity contribution in [1.29, 1.82) is 0 Å². The van der Waals surface area contributed by atoms with E-state index in [1.165, 1.54) is 0 Å². The first-order chi connectivity index (χ1) is 10.1. The number of rotatable bonds is 4. The predicted molar refractivity (Wildman–Crippen MR) is 81.8 cm³/mol. The van der Waals surface area contributed by atoms with Crippen molar-refractivity contribution >= 4 is 10.0 Å². The fourth-order valence-electron chi connectivity index (χ4n) is 3.44. The lowest BCUT2D eigenvalue weighted by molar-refractivity contribution is 0.334. The van der Waals surface area contributed by atoms with Gasteiger partial charge in [0.25, 0.3) is 0 Å². The van der Waals surface area contributed by atoms with Crippen molar-refractivity contribution < 1.29 is 13.2 Å². The Morgan fingerprint density at radius 2 is 2.10 bits per heavy atom. The van der Waals surface area contributed by atoms with E-state index in [-0.39, 0.29) is 17.8 Å². The minimum atomic E-state index is -3.28. The maximum absolute atomic E-state index is 12.8. The van der Waals surface area contributed by atoms with Gasteiger partial charge in [0, 0.05) is 18.6 Å². The fourth-order valence-corrected chi connectivity index (χ4v) is 5.49. The van der Waals surface area contributed by atoms with Gasteiger partial charge < -0.3 is 10.1 Å². The predicted octanol–water partition coefficient (Wildman–Crippen LogP) is 1.35. The van der Waals surface area contributed by atoms with Gasteiger partial charge in [0.1, 0.15) is 5.75 Å². The molecule has 0 spiro atoms. The number of ether oxygens (including phenoxy) is 1. The van der Waals surface area contributed by atoms with Gasteiger partial charge in [-0.3, -0.25) is 0 Å². The molecule has 2 bridgehead atoms. The zero-order valence-electron chi connectivity index (χ0n) is 12.3. The Hall–Kier alpha value is -1.11. The standard InChI is InChI=1S/C15H22N2O3S/c1-20-15-4-2-3-12(9-15)11-21(18,19)17-13-5-6-14(17)10-16-8-7-13/h2-4,9,13-14,16H,5-8,10-11H2,1H3. The number of benzene rings is 1. The van der Waals surface area contributed by atoms with E-state index < -0.39 is 10.0 Å². The first-order valence-electron chi connectivity index (χ1n) is 7.45. The summed E-state index contributed by atoms with van der Waals surface area (Å²) in [5.41, 5.74) is 0.783. The molecule has 2 saturated heterocycles. The molecule has 2 unspecified atom stereocenters. The van der Waals surface area contributed by atoms with Crippen LogP contribution in [-0.2, 0) is 15.8 Å². The van der Waals surface area contributed by atoms with Crippen LogP contribution in [0.5, 0.6) is 5.75 Å². The van der Waals surface area contributed by atoms with Crippen LogP contribution in [0.4, 0.5) is 0 Å². The molecule has 2 aliphatic heterocycles. The van der Waals surface area contributed by atoms with E-state index in [1.807, 2.05) is 18.2 Å². The third-order valence-corrected chi connectivity index (χ3v) is 6.33. The Kier molecular flexibility index (Phi) is 4.19. The van der Waals surface area contributed by atoms with Gasteiger partial charge in [-0.15, -0.1) is 0 Å². The summed E-state index contributed by atoms with van der Waals surface area (Å²) in [6.45, 7) is 1.68. The maximum Gasteiger partial charge on any atom is 0.218 e. The molecule has 1 aromatic carbocycles. The van der Waals surface area contributed by atoms with Crippen LogP contribution in [-0.4, -0.2) is 45.0 Å². The highest BCUT2D eigenvalue weighted by Gasteiger charge is 2.42. The number of sulfonamides is 1. The maximum atomic E-state index is 12.8. The molecule has 0 amide bonds. The van der Waals surface area contributed by atoms with Crippen LogP contribution in [0.25, 0.3) is 0 Å². The summed E-state index contributed by atoms with van der Waals surface area (Å²) >= 11 is 0. The average molecular weight is 310 g/mol. The van der Waals surface area contributed by atoms with E-state index in [4.69, 9.17) is 4.74 Å². The fraction of sp³-hybridized carbons (Fsp3) is 0.600. The van der Waals surface area contributed by atoms with Crippen LogP contribution < -0.4 is 10.1 Å². The molecule has 2 heterocycles. The molecule has 0 aliphatic carbocycles. The Bertz CT molecular complexity index is 589. The van der Waals surface area contributed by atoms with Crippen molar-refractivity contribution in [2.45, 2.75) is 37.1 Å². The summed E-state index contributed by atoms with van der Waals surface area (Å²) in [5, 5.41) is 3.34. The molecule has 6 heteroatoms. The number of fused-ring (bicyclic) bond motifs is 2. The van der Waals surface area contributed by atoms with Gasteiger partial charge in [-0.2, -0.15) is 4.31 Å². The summed E-state index contributed by atoms with van der Waals surface area (Å²) in [6, 6.07) is 7.60.